The number of benzene rings is 1. The molecular weight excluding hydrogens is 468 g/mol. The van der Waals surface area contributed by atoms with E-state index < -0.39 is 10.0 Å². The standard InChI is InChI=1S/C24H24N6O4S/c1-25-22-17-9-26-21(29-23(31)13-3-4-13)8-16(17)18(10-27-22)24-28-19-7-14(5-6-20(19)34-24)15-11-30(12-15)35(2,32)33/h5-10,13,15H,3-4,11-12H2,1-2H3,(H,25,27)(H,26,29,31). The van der Waals surface area contributed by atoms with Crippen molar-refractivity contribution < 1.29 is 17.6 Å². The van der Waals surface area contributed by atoms with E-state index in [1.165, 1.54) is 10.6 Å². The van der Waals surface area contributed by atoms with E-state index in [0.29, 0.717) is 47.3 Å². The van der Waals surface area contributed by atoms with Crippen LogP contribution < -0.4 is 10.6 Å². The number of sulfonamides is 1. The van der Waals surface area contributed by atoms with Gasteiger partial charge in [0.2, 0.25) is 21.8 Å². The fourth-order valence-electron chi connectivity index (χ4n) is 4.38. The molecule has 0 atom stereocenters. The number of nitrogens with one attached hydrogen (secondary N) is 2. The second-order valence-electron chi connectivity index (χ2n) is 9.17. The Morgan fingerprint density at radius 3 is 2.63 bits per heavy atom. The largest absolute Gasteiger partial charge is 0.436 e. The highest BCUT2D eigenvalue weighted by Crippen LogP contribution is 2.36. The van der Waals surface area contributed by atoms with E-state index in [2.05, 4.69) is 20.6 Å². The number of anilines is 2. The Kier molecular flexibility index (Phi) is 5.01. The van der Waals surface area contributed by atoms with Crippen LogP contribution in [0.1, 0.15) is 24.3 Å². The zero-order valence-electron chi connectivity index (χ0n) is 19.3. The molecule has 1 amide bonds. The maximum atomic E-state index is 12.3. The third-order valence-electron chi connectivity index (χ3n) is 6.64. The summed E-state index contributed by atoms with van der Waals surface area (Å²) < 4.78 is 30.9. The molecule has 2 fully saturated rings. The number of pyridine rings is 2. The van der Waals surface area contributed by atoms with Gasteiger partial charge in [-0.1, -0.05) is 6.07 Å². The second-order valence-corrected chi connectivity index (χ2v) is 11.2. The Bertz CT molecular complexity index is 1590. The van der Waals surface area contributed by atoms with E-state index in [0.717, 1.165) is 29.2 Å². The number of carbonyl (C=O) groups is 1. The minimum atomic E-state index is -3.16. The van der Waals surface area contributed by atoms with Crippen molar-refractivity contribution in [3.05, 3.63) is 42.2 Å². The van der Waals surface area contributed by atoms with E-state index in [1.54, 1.807) is 19.4 Å². The van der Waals surface area contributed by atoms with Crippen LogP contribution >= 0.6 is 0 Å². The van der Waals surface area contributed by atoms with Crippen LogP contribution in [-0.2, 0) is 14.8 Å². The average Bonchev–Trinajstić information content (AvgIpc) is 3.56. The highest BCUT2D eigenvalue weighted by Gasteiger charge is 2.34. The number of oxazole rings is 1. The van der Waals surface area contributed by atoms with Gasteiger partial charge in [-0.05, 0) is 36.6 Å². The van der Waals surface area contributed by atoms with Crippen LogP contribution in [0.25, 0.3) is 33.3 Å². The Hall–Kier alpha value is -3.57. The molecule has 3 aromatic heterocycles. The predicted octanol–water partition coefficient (Wildman–Crippen LogP) is 3.19. The lowest BCUT2D eigenvalue weighted by atomic mass is 9.93. The monoisotopic (exact) mass is 492 g/mol. The van der Waals surface area contributed by atoms with Gasteiger partial charge < -0.3 is 15.1 Å². The molecule has 6 rings (SSSR count). The second kappa shape index (κ2) is 7.99. The molecule has 4 aromatic rings. The Labute approximate surface area is 201 Å². The van der Waals surface area contributed by atoms with Crippen molar-refractivity contribution >= 4 is 49.4 Å². The third-order valence-corrected chi connectivity index (χ3v) is 7.87. The van der Waals surface area contributed by atoms with Gasteiger partial charge in [0.15, 0.2) is 5.58 Å². The fourth-order valence-corrected chi connectivity index (χ4v) is 5.28. The summed E-state index contributed by atoms with van der Waals surface area (Å²) in [5.74, 6) is 1.74. The van der Waals surface area contributed by atoms with E-state index in [4.69, 9.17) is 9.40 Å². The van der Waals surface area contributed by atoms with E-state index in [1.807, 2.05) is 24.3 Å². The Balaban J connectivity index is 1.36. The smallest absolute Gasteiger partial charge is 0.229 e. The lowest BCUT2D eigenvalue weighted by molar-refractivity contribution is -0.117. The molecule has 0 spiro atoms. The van der Waals surface area contributed by atoms with E-state index >= 15 is 0 Å². The molecule has 0 radical (unpaired) electrons. The molecule has 1 aromatic carbocycles. The summed E-state index contributed by atoms with van der Waals surface area (Å²) in [5.41, 5.74) is 3.04. The molecule has 0 bridgehead atoms. The zero-order chi connectivity index (χ0) is 24.3. The number of amides is 1. The first-order valence-corrected chi connectivity index (χ1v) is 13.3. The quantitative estimate of drug-likeness (QED) is 0.420. The summed E-state index contributed by atoms with van der Waals surface area (Å²) in [6.07, 6.45) is 6.44. The molecule has 4 heterocycles. The number of fused-ring (bicyclic) bond motifs is 2. The number of hydrogen-bond donors (Lipinski definition) is 2. The number of hydrogen-bond acceptors (Lipinski definition) is 8. The van der Waals surface area contributed by atoms with Gasteiger partial charge in [0.25, 0.3) is 0 Å². The Morgan fingerprint density at radius 1 is 1.11 bits per heavy atom. The first-order valence-electron chi connectivity index (χ1n) is 11.4. The van der Waals surface area contributed by atoms with Crippen LogP contribution in [0.4, 0.5) is 11.6 Å². The molecule has 10 nitrogen and oxygen atoms in total. The van der Waals surface area contributed by atoms with Crippen molar-refractivity contribution in [3.63, 3.8) is 0 Å². The third kappa shape index (κ3) is 4.00. The molecule has 35 heavy (non-hydrogen) atoms. The van der Waals surface area contributed by atoms with Crippen molar-refractivity contribution in [2.75, 3.05) is 37.0 Å². The van der Waals surface area contributed by atoms with Gasteiger partial charge in [0.05, 0.1) is 11.8 Å². The molecule has 1 saturated heterocycles. The van der Waals surface area contributed by atoms with Gasteiger partial charge in [0, 0.05) is 55.1 Å². The minimum absolute atomic E-state index is 0.0129. The van der Waals surface area contributed by atoms with Gasteiger partial charge in [0.1, 0.15) is 17.2 Å². The van der Waals surface area contributed by atoms with Crippen LogP contribution in [0.2, 0.25) is 0 Å². The summed E-state index contributed by atoms with van der Waals surface area (Å²) in [5, 5.41) is 7.56. The van der Waals surface area contributed by atoms with Crippen molar-refractivity contribution in [1.82, 2.24) is 19.3 Å². The fraction of sp³-hybridized carbons (Fsp3) is 0.333. The Morgan fingerprint density at radius 2 is 1.91 bits per heavy atom. The molecule has 1 aliphatic carbocycles. The summed E-state index contributed by atoms with van der Waals surface area (Å²) >= 11 is 0. The van der Waals surface area contributed by atoms with Gasteiger partial charge >= 0.3 is 0 Å². The molecule has 180 valence electrons. The van der Waals surface area contributed by atoms with Crippen molar-refractivity contribution in [2.24, 2.45) is 5.92 Å². The summed E-state index contributed by atoms with van der Waals surface area (Å²) in [7, 11) is -1.38. The van der Waals surface area contributed by atoms with Gasteiger partial charge in [-0.25, -0.2) is 27.7 Å². The summed E-state index contributed by atoms with van der Waals surface area (Å²) in [6.45, 7) is 0.939. The molecule has 2 N–H and O–H groups in total. The van der Waals surface area contributed by atoms with E-state index in [9.17, 15) is 13.2 Å². The summed E-state index contributed by atoms with van der Waals surface area (Å²) in [6, 6.07) is 7.59. The van der Waals surface area contributed by atoms with Crippen LogP contribution in [-0.4, -0.2) is 60.0 Å². The minimum Gasteiger partial charge on any atom is -0.436 e. The van der Waals surface area contributed by atoms with Crippen LogP contribution in [0.3, 0.4) is 0 Å². The van der Waals surface area contributed by atoms with Crippen LogP contribution in [0.5, 0.6) is 0 Å². The number of rotatable bonds is 6. The topological polar surface area (TPSA) is 130 Å². The van der Waals surface area contributed by atoms with Gasteiger partial charge in [-0.3, -0.25) is 4.79 Å². The molecule has 1 saturated carbocycles. The van der Waals surface area contributed by atoms with Crippen LogP contribution in [0.15, 0.2) is 41.1 Å². The summed E-state index contributed by atoms with van der Waals surface area (Å²) in [4.78, 5) is 25.9. The van der Waals surface area contributed by atoms with Crippen molar-refractivity contribution in [2.45, 2.75) is 18.8 Å². The molecule has 1 aliphatic heterocycles. The molecule has 0 unspecified atom stereocenters. The molecule has 11 heteroatoms. The SMILES string of the molecule is CNc1ncc(-c2nc3cc(C4CN(S(C)(=O)=O)C4)ccc3o2)c2cc(NC(=O)C3CC3)ncc12. The van der Waals surface area contributed by atoms with Crippen molar-refractivity contribution in [3.8, 4) is 11.5 Å². The predicted molar refractivity (Wildman–Crippen MR) is 133 cm³/mol. The molecule has 2 aliphatic rings. The number of nitrogens with zero attached hydrogens (tertiary/aromatic N) is 4. The lowest BCUT2D eigenvalue weighted by Crippen LogP contribution is -2.47. The number of carbonyl (C=O) groups excluding carboxylic acids is 1. The lowest BCUT2D eigenvalue weighted by Gasteiger charge is -2.37. The first-order chi connectivity index (χ1) is 16.8. The van der Waals surface area contributed by atoms with E-state index in [-0.39, 0.29) is 17.7 Å². The number of aromatic nitrogens is 3. The highest BCUT2D eigenvalue weighted by molar-refractivity contribution is 7.88. The normalized spacial score (nSPS) is 17.0. The maximum Gasteiger partial charge on any atom is 0.229 e. The molecular formula is C24H24N6O4S. The van der Waals surface area contributed by atoms with Crippen LogP contribution in [0, 0.1) is 5.92 Å². The van der Waals surface area contributed by atoms with Crippen molar-refractivity contribution in [1.29, 1.82) is 0 Å². The maximum absolute atomic E-state index is 12.3. The highest BCUT2D eigenvalue weighted by atomic mass is 32.2. The van der Waals surface area contributed by atoms with Gasteiger partial charge in [-0.2, -0.15) is 0 Å². The zero-order valence-corrected chi connectivity index (χ0v) is 20.1. The van der Waals surface area contributed by atoms with Gasteiger partial charge in [-0.15, -0.1) is 0 Å². The first kappa shape index (κ1) is 21.9. The average molecular weight is 493 g/mol.